The Kier molecular flexibility index (Phi) is 5.06. The molecular formula is C11H13ClO5. The van der Waals surface area contributed by atoms with Crippen LogP contribution in [0.1, 0.15) is 18.1 Å². The molecule has 1 aliphatic rings. The van der Waals surface area contributed by atoms with Gasteiger partial charge in [0.25, 0.3) is 5.97 Å². The SMILES string of the molecule is CC(=O)O.OCc1cc2c(cc1CCl)OCO2. The summed E-state index contributed by atoms with van der Waals surface area (Å²) in [7, 11) is 0. The van der Waals surface area contributed by atoms with Gasteiger partial charge in [0.2, 0.25) is 6.79 Å². The number of carboxylic acid groups (broad SMARTS) is 1. The molecule has 94 valence electrons. The van der Waals surface area contributed by atoms with Gasteiger partial charge < -0.3 is 19.7 Å². The van der Waals surface area contributed by atoms with Crippen molar-refractivity contribution in [1.82, 2.24) is 0 Å². The minimum Gasteiger partial charge on any atom is -0.481 e. The molecule has 0 amide bonds. The van der Waals surface area contributed by atoms with E-state index < -0.39 is 5.97 Å². The van der Waals surface area contributed by atoms with E-state index in [1.165, 1.54) is 0 Å². The third-order valence-electron chi connectivity index (χ3n) is 2.01. The van der Waals surface area contributed by atoms with Crippen molar-refractivity contribution in [2.75, 3.05) is 6.79 Å². The Labute approximate surface area is 104 Å². The number of aliphatic hydroxyl groups is 1. The Morgan fingerprint density at radius 2 is 1.82 bits per heavy atom. The van der Waals surface area contributed by atoms with E-state index in [4.69, 9.17) is 36.1 Å². The summed E-state index contributed by atoms with van der Waals surface area (Å²) in [5.41, 5.74) is 1.67. The summed E-state index contributed by atoms with van der Waals surface area (Å²) in [5, 5.41) is 16.4. The zero-order valence-electron chi connectivity index (χ0n) is 9.27. The van der Waals surface area contributed by atoms with E-state index in [-0.39, 0.29) is 13.4 Å². The smallest absolute Gasteiger partial charge is 0.300 e. The lowest BCUT2D eigenvalue weighted by Crippen LogP contribution is -1.92. The second-order valence-electron chi connectivity index (χ2n) is 3.28. The first-order valence-corrected chi connectivity index (χ1v) is 5.39. The summed E-state index contributed by atoms with van der Waals surface area (Å²) in [6, 6.07) is 3.57. The van der Waals surface area contributed by atoms with E-state index in [1.54, 1.807) is 12.1 Å². The van der Waals surface area contributed by atoms with Gasteiger partial charge in [-0.1, -0.05) is 0 Å². The molecule has 0 fully saturated rings. The van der Waals surface area contributed by atoms with Crippen LogP contribution in [0.4, 0.5) is 0 Å². The van der Waals surface area contributed by atoms with Crippen molar-refractivity contribution in [3.63, 3.8) is 0 Å². The largest absolute Gasteiger partial charge is 0.481 e. The van der Waals surface area contributed by atoms with E-state index in [0.29, 0.717) is 17.4 Å². The Hall–Kier alpha value is -1.46. The molecule has 0 radical (unpaired) electrons. The number of carboxylic acids is 1. The fraction of sp³-hybridized carbons (Fsp3) is 0.364. The van der Waals surface area contributed by atoms with Crippen molar-refractivity contribution in [1.29, 1.82) is 0 Å². The van der Waals surface area contributed by atoms with Crippen LogP contribution in [0.25, 0.3) is 0 Å². The first kappa shape index (κ1) is 13.6. The normalized spacial score (nSPS) is 11.7. The van der Waals surface area contributed by atoms with E-state index in [2.05, 4.69) is 0 Å². The van der Waals surface area contributed by atoms with E-state index in [1.807, 2.05) is 0 Å². The van der Waals surface area contributed by atoms with Crippen molar-refractivity contribution in [2.45, 2.75) is 19.4 Å². The molecule has 2 N–H and O–H groups in total. The quantitative estimate of drug-likeness (QED) is 0.792. The maximum atomic E-state index is 9.03. The van der Waals surface area contributed by atoms with Crippen molar-refractivity contribution < 1.29 is 24.5 Å². The zero-order valence-corrected chi connectivity index (χ0v) is 10.0. The first-order valence-electron chi connectivity index (χ1n) is 4.86. The maximum absolute atomic E-state index is 9.03. The Balaban J connectivity index is 0.000000317. The minimum atomic E-state index is -0.833. The lowest BCUT2D eigenvalue weighted by Gasteiger charge is -2.05. The average molecular weight is 261 g/mol. The predicted octanol–water partition coefficient (Wildman–Crippen LogP) is 1.74. The van der Waals surface area contributed by atoms with Crippen LogP contribution < -0.4 is 9.47 Å². The molecule has 0 aliphatic carbocycles. The van der Waals surface area contributed by atoms with Crippen LogP contribution in [0, 0.1) is 0 Å². The fourth-order valence-corrected chi connectivity index (χ4v) is 1.55. The number of ether oxygens (including phenoxy) is 2. The molecule has 6 heteroatoms. The average Bonchev–Trinajstić information content (AvgIpc) is 2.73. The molecule has 0 spiro atoms. The summed E-state index contributed by atoms with van der Waals surface area (Å²) in [4.78, 5) is 9.00. The lowest BCUT2D eigenvalue weighted by molar-refractivity contribution is -0.134. The third kappa shape index (κ3) is 3.80. The van der Waals surface area contributed by atoms with Crippen molar-refractivity contribution >= 4 is 17.6 Å². The monoisotopic (exact) mass is 260 g/mol. The number of hydrogen-bond donors (Lipinski definition) is 2. The zero-order chi connectivity index (χ0) is 12.8. The van der Waals surface area contributed by atoms with Gasteiger partial charge in [-0.05, 0) is 23.3 Å². The van der Waals surface area contributed by atoms with Crippen molar-refractivity contribution in [2.24, 2.45) is 0 Å². The molecule has 1 aromatic rings. The second kappa shape index (κ2) is 6.32. The number of alkyl halides is 1. The van der Waals surface area contributed by atoms with Gasteiger partial charge in [0.15, 0.2) is 11.5 Å². The van der Waals surface area contributed by atoms with Crippen LogP contribution in [0.5, 0.6) is 11.5 Å². The Bertz CT molecular complexity index is 370. The summed E-state index contributed by atoms with van der Waals surface area (Å²) in [6.45, 7) is 1.30. The molecule has 0 saturated heterocycles. The van der Waals surface area contributed by atoms with Gasteiger partial charge in [-0.25, -0.2) is 0 Å². The second-order valence-corrected chi connectivity index (χ2v) is 3.55. The number of halogens is 1. The molecule has 0 unspecified atom stereocenters. The highest BCUT2D eigenvalue weighted by Gasteiger charge is 2.16. The number of rotatable bonds is 2. The van der Waals surface area contributed by atoms with Gasteiger partial charge in [-0.3, -0.25) is 4.79 Å². The molecule has 17 heavy (non-hydrogen) atoms. The third-order valence-corrected chi connectivity index (χ3v) is 2.30. The van der Waals surface area contributed by atoms with Crippen LogP contribution >= 0.6 is 11.6 Å². The number of hydrogen-bond acceptors (Lipinski definition) is 4. The van der Waals surface area contributed by atoms with E-state index >= 15 is 0 Å². The molecule has 0 saturated carbocycles. The fourth-order valence-electron chi connectivity index (χ4n) is 1.30. The van der Waals surface area contributed by atoms with Gasteiger partial charge >= 0.3 is 0 Å². The standard InChI is InChI=1S/C9H9ClO3.C2H4O2/c10-3-6-1-8-9(13-5-12-8)2-7(6)4-11;1-2(3)4/h1-2,11H,3-5H2;1H3,(H,3,4). The summed E-state index contributed by atoms with van der Waals surface area (Å²) in [6.07, 6.45) is 0. The Morgan fingerprint density at radius 3 is 2.24 bits per heavy atom. The molecular weight excluding hydrogens is 248 g/mol. The summed E-state index contributed by atoms with van der Waals surface area (Å²) < 4.78 is 10.3. The molecule has 0 atom stereocenters. The van der Waals surface area contributed by atoms with Gasteiger partial charge in [0.05, 0.1) is 6.61 Å². The molecule has 0 aromatic heterocycles. The molecule has 1 aliphatic heterocycles. The molecule has 5 nitrogen and oxygen atoms in total. The number of aliphatic carboxylic acids is 1. The van der Waals surface area contributed by atoms with Crippen LogP contribution in [0.3, 0.4) is 0 Å². The van der Waals surface area contributed by atoms with Crippen LogP contribution in [0.2, 0.25) is 0 Å². The highest BCUT2D eigenvalue weighted by molar-refractivity contribution is 6.17. The number of fused-ring (bicyclic) bond motifs is 1. The minimum absolute atomic E-state index is 0.0291. The van der Waals surface area contributed by atoms with Gasteiger partial charge in [0.1, 0.15) is 0 Å². The topological polar surface area (TPSA) is 76.0 Å². The van der Waals surface area contributed by atoms with Crippen LogP contribution in [-0.2, 0) is 17.3 Å². The highest BCUT2D eigenvalue weighted by atomic mass is 35.5. The van der Waals surface area contributed by atoms with Crippen LogP contribution in [-0.4, -0.2) is 23.0 Å². The molecule has 2 rings (SSSR count). The van der Waals surface area contributed by atoms with Gasteiger partial charge in [-0.15, -0.1) is 11.6 Å². The lowest BCUT2D eigenvalue weighted by atomic mass is 10.1. The van der Waals surface area contributed by atoms with Crippen LogP contribution in [0.15, 0.2) is 12.1 Å². The van der Waals surface area contributed by atoms with E-state index in [9.17, 15) is 0 Å². The Morgan fingerprint density at radius 1 is 1.35 bits per heavy atom. The first-order chi connectivity index (χ1) is 8.08. The summed E-state index contributed by atoms with van der Waals surface area (Å²) in [5.74, 6) is 0.915. The number of carbonyl (C=O) groups is 1. The molecule has 1 heterocycles. The van der Waals surface area contributed by atoms with Gasteiger partial charge in [0, 0.05) is 12.8 Å². The maximum Gasteiger partial charge on any atom is 0.300 e. The van der Waals surface area contributed by atoms with Gasteiger partial charge in [-0.2, -0.15) is 0 Å². The highest BCUT2D eigenvalue weighted by Crippen LogP contribution is 2.35. The predicted molar refractivity (Wildman–Crippen MR) is 61.4 cm³/mol. The molecule has 0 bridgehead atoms. The number of aliphatic hydroxyl groups excluding tert-OH is 1. The van der Waals surface area contributed by atoms with Crippen molar-refractivity contribution in [3.8, 4) is 11.5 Å². The molecule has 1 aromatic carbocycles. The number of benzene rings is 1. The summed E-state index contributed by atoms with van der Waals surface area (Å²) >= 11 is 5.71. The van der Waals surface area contributed by atoms with Crippen molar-refractivity contribution in [3.05, 3.63) is 23.3 Å². The van der Waals surface area contributed by atoms with E-state index in [0.717, 1.165) is 18.1 Å².